The highest BCUT2D eigenvalue weighted by Crippen LogP contribution is 2.07. The van der Waals surface area contributed by atoms with Gasteiger partial charge in [0.05, 0.1) is 0 Å². The third kappa shape index (κ3) is 3.57. The number of hydrogen-bond acceptors (Lipinski definition) is 3. The number of nitrogen functional groups attached to an aromatic ring is 1. The first kappa shape index (κ1) is 11.6. The van der Waals surface area contributed by atoms with Gasteiger partial charge in [0.1, 0.15) is 5.82 Å². The average Bonchev–Trinajstić information content (AvgIpc) is 2.73. The van der Waals surface area contributed by atoms with E-state index < -0.39 is 0 Å². The quantitative estimate of drug-likeness (QED) is 0.574. The van der Waals surface area contributed by atoms with Crippen LogP contribution in [0.3, 0.4) is 0 Å². The highest BCUT2D eigenvalue weighted by atomic mass is 32.1. The number of nitrogens with two attached hydrogens (primary N) is 1. The minimum absolute atomic E-state index is 0.502. The molecule has 0 aliphatic rings. The van der Waals surface area contributed by atoms with Gasteiger partial charge in [0.2, 0.25) is 4.77 Å². The predicted molar refractivity (Wildman–Crippen MR) is 72.0 cm³/mol. The number of aromatic nitrogens is 3. The zero-order chi connectivity index (χ0) is 12.1. The van der Waals surface area contributed by atoms with Crippen molar-refractivity contribution in [2.45, 2.75) is 12.8 Å². The van der Waals surface area contributed by atoms with Crippen molar-refractivity contribution in [1.82, 2.24) is 15.2 Å². The fourth-order valence-electron chi connectivity index (χ4n) is 1.47. The number of anilines is 1. The molecule has 88 valence electrons. The number of nitrogens with zero attached hydrogens (tertiary/aromatic N) is 1. The molecule has 0 saturated carbocycles. The number of nitrogens with one attached hydrogen (secondary N) is 2. The molecule has 1 heterocycles. The van der Waals surface area contributed by atoms with Gasteiger partial charge >= 0.3 is 0 Å². The molecule has 1 aromatic heterocycles. The van der Waals surface area contributed by atoms with Gasteiger partial charge < -0.3 is 5.73 Å². The summed E-state index contributed by atoms with van der Waals surface area (Å²) < 4.78 is 0.502. The first-order valence-corrected chi connectivity index (χ1v) is 5.80. The van der Waals surface area contributed by atoms with Crippen molar-refractivity contribution in [3.05, 3.63) is 46.5 Å². The molecule has 0 amide bonds. The highest BCUT2D eigenvalue weighted by Gasteiger charge is 1.93. The van der Waals surface area contributed by atoms with Crippen LogP contribution in [0.4, 0.5) is 5.69 Å². The van der Waals surface area contributed by atoms with Crippen LogP contribution in [0.25, 0.3) is 6.08 Å². The summed E-state index contributed by atoms with van der Waals surface area (Å²) in [5, 5.41) is 5.70. The van der Waals surface area contributed by atoms with E-state index in [1.54, 1.807) is 0 Å². The van der Waals surface area contributed by atoms with Gasteiger partial charge in [0, 0.05) is 12.1 Å². The predicted octanol–water partition coefficient (Wildman–Crippen LogP) is 2.70. The smallest absolute Gasteiger partial charge is 0.213 e. The van der Waals surface area contributed by atoms with Gasteiger partial charge in [-0.05, 0) is 36.3 Å². The fourth-order valence-corrected chi connectivity index (χ4v) is 1.63. The molecule has 2 aromatic rings. The van der Waals surface area contributed by atoms with E-state index in [0.29, 0.717) is 4.77 Å². The molecule has 0 unspecified atom stereocenters. The van der Waals surface area contributed by atoms with E-state index in [1.165, 1.54) is 0 Å². The Kier molecular flexibility index (Phi) is 3.72. The van der Waals surface area contributed by atoms with Crippen molar-refractivity contribution in [1.29, 1.82) is 0 Å². The van der Waals surface area contributed by atoms with Gasteiger partial charge in [0.15, 0.2) is 0 Å². The van der Waals surface area contributed by atoms with Crippen LogP contribution in [0.5, 0.6) is 0 Å². The second kappa shape index (κ2) is 5.45. The molecule has 4 N–H and O–H groups in total. The third-order valence-corrected chi connectivity index (χ3v) is 2.54. The van der Waals surface area contributed by atoms with Crippen molar-refractivity contribution >= 4 is 24.0 Å². The summed E-state index contributed by atoms with van der Waals surface area (Å²) >= 11 is 4.87. The molecule has 0 atom stereocenters. The van der Waals surface area contributed by atoms with Crippen LogP contribution in [0.15, 0.2) is 30.3 Å². The van der Waals surface area contributed by atoms with Crippen LogP contribution < -0.4 is 5.73 Å². The van der Waals surface area contributed by atoms with Crippen molar-refractivity contribution in [2.75, 3.05) is 5.73 Å². The molecule has 0 bridgehead atoms. The van der Waals surface area contributed by atoms with Crippen molar-refractivity contribution < 1.29 is 0 Å². The topological polar surface area (TPSA) is 70.5 Å². The van der Waals surface area contributed by atoms with Gasteiger partial charge in [-0.25, -0.2) is 4.98 Å². The van der Waals surface area contributed by atoms with Crippen molar-refractivity contribution in [2.24, 2.45) is 0 Å². The molecular weight excluding hydrogens is 232 g/mol. The van der Waals surface area contributed by atoms with E-state index in [-0.39, 0.29) is 0 Å². The van der Waals surface area contributed by atoms with Gasteiger partial charge in [-0.3, -0.25) is 10.2 Å². The van der Waals surface area contributed by atoms with Gasteiger partial charge in [-0.2, -0.15) is 0 Å². The Bertz CT molecular complexity index is 550. The van der Waals surface area contributed by atoms with E-state index in [0.717, 1.165) is 29.9 Å². The molecule has 17 heavy (non-hydrogen) atoms. The first-order valence-electron chi connectivity index (χ1n) is 5.40. The second-order valence-corrected chi connectivity index (χ2v) is 4.11. The first-order chi connectivity index (χ1) is 8.24. The Hall–Kier alpha value is -1.88. The molecule has 1 aromatic carbocycles. The van der Waals surface area contributed by atoms with Crippen LogP contribution in [0.2, 0.25) is 0 Å². The van der Waals surface area contributed by atoms with Gasteiger partial charge in [-0.1, -0.05) is 24.3 Å². The SMILES string of the molecule is Nc1ccc(C=CCCc2nc(=S)[nH][nH]2)cc1. The minimum Gasteiger partial charge on any atom is -0.399 e. The van der Waals surface area contributed by atoms with Crippen molar-refractivity contribution in [3.63, 3.8) is 0 Å². The van der Waals surface area contributed by atoms with E-state index in [9.17, 15) is 0 Å². The standard InChI is InChI=1S/C12H14N4S/c13-10-7-5-9(6-8-10)3-1-2-4-11-14-12(17)16-15-11/h1,3,5-8H,2,4,13H2,(H2,14,15,16,17). The fraction of sp³-hybridized carbons (Fsp3) is 0.167. The Labute approximate surface area is 105 Å². The van der Waals surface area contributed by atoms with E-state index in [2.05, 4.69) is 27.3 Å². The van der Waals surface area contributed by atoms with E-state index in [1.807, 2.05) is 24.3 Å². The molecule has 2 rings (SSSR count). The lowest BCUT2D eigenvalue weighted by atomic mass is 10.1. The summed E-state index contributed by atoms with van der Waals surface area (Å²) in [6.07, 6.45) is 5.94. The maximum atomic E-state index is 5.61. The molecule has 0 fully saturated rings. The molecule has 0 aliphatic carbocycles. The molecule has 5 heteroatoms. The number of rotatable bonds is 4. The summed E-state index contributed by atoms with van der Waals surface area (Å²) in [5.74, 6) is 0.886. The molecule has 0 saturated heterocycles. The summed E-state index contributed by atoms with van der Waals surface area (Å²) in [6.45, 7) is 0. The zero-order valence-electron chi connectivity index (χ0n) is 9.31. The molecular formula is C12H14N4S. The summed E-state index contributed by atoms with van der Waals surface area (Å²) in [6, 6.07) is 7.77. The number of benzene rings is 1. The lowest BCUT2D eigenvalue weighted by Gasteiger charge is -1.94. The highest BCUT2D eigenvalue weighted by molar-refractivity contribution is 7.71. The average molecular weight is 246 g/mol. The number of allylic oxidation sites excluding steroid dienone is 1. The van der Waals surface area contributed by atoms with E-state index >= 15 is 0 Å². The Morgan fingerprint density at radius 1 is 1.24 bits per heavy atom. The lowest BCUT2D eigenvalue weighted by Crippen LogP contribution is -1.86. The van der Waals surface area contributed by atoms with Gasteiger partial charge in [0.25, 0.3) is 0 Å². The molecule has 4 nitrogen and oxygen atoms in total. The largest absolute Gasteiger partial charge is 0.399 e. The van der Waals surface area contributed by atoms with Crippen LogP contribution in [-0.2, 0) is 6.42 Å². The summed E-state index contributed by atoms with van der Waals surface area (Å²) in [7, 11) is 0. The molecule has 0 radical (unpaired) electrons. The lowest BCUT2D eigenvalue weighted by molar-refractivity contribution is 0.887. The summed E-state index contributed by atoms with van der Waals surface area (Å²) in [5.41, 5.74) is 7.54. The van der Waals surface area contributed by atoms with Gasteiger partial charge in [-0.15, -0.1) is 0 Å². The minimum atomic E-state index is 0.502. The zero-order valence-corrected chi connectivity index (χ0v) is 10.1. The Morgan fingerprint density at radius 2 is 2.00 bits per heavy atom. The number of aryl methyl sites for hydroxylation is 1. The molecule has 0 aliphatic heterocycles. The number of hydrogen-bond donors (Lipinski definition) is 3. The summed E-state index contributed by atoms with van der Waals surface area (Å²) in [4.78, 5) is 4.12. The normalized spacial score (nSPS) is 11.1. The van der Waals surface area contributed by atoms with Crippen molar-refractivity contribution in [3.8, 4) is 0 Å². The maximum absolute atomic E-state index is 5.61. The number of H-pyrrole nitrogens is 2. The van der Waals surface area contributed by atoms with Crippen LogP contribution in [0, 0.1) is 4.77 Å². The second-order valence-electron chi connectivity index (χ2n) is 3.72. The third-order valence-electron chi connectivity index (χ3n) is 2.34. The van der Waals surface area contributed by atoms with Crippen LogP contribution >= 0.6 is 12.2 Å². The van der Waals surface area contributed by atoms with E-state index in [4.69, 9.17) is 18.0 Å². The Morgan fingerprint density at radius 3 is 2.65 bits per heavy atom. The monoisotopic (exact) mass is 246 g/mol. The Balaban J connectivity index is 1.86. The van der Waals surface area contributed by atoms with Crippen LogP contribution in [0.1, 0.15) is 17.8 Å². The maximum Gasteiger partial charge on any atom is 0.213 e. The van der Waals surface area contributed by atoms with Crippen LogP contribution in [-0.4, -0.2) is 15.2 Å². The molecule has 0 spiro atoms. The number of aromatic amines is 2.